The summed E-state index contributed by atoms with van der Waals surface area (Å²) in [7, 11) is 0. The summed E-state index contributed by atoms with van der Waals surface area (Å²) in [5.41, 5.74) is -0.0217. The Labute approximate surface area is 246 Å². The summed E-state index contributed by atoms with van der Waals surface area (Å²) in [6.45, 7) is 1.80. The van der Waals surface area contributed by atoms with E-state index in [1.807, 2.05) is 0 Å². The molecule has 2 aliphatic rings. The number of fused-ring (bicyclic) bond motifs is 2. The van der Waals surface area contributed by atoms with Gasteiger partial charge in [0.15, 0.2) is 17.2 Å². The van der Waals surface area contributed by atoms with Gasteiger partial charge in [-0.15, -0.1) is 8.78 Å². The van der Waals surface area contributed by atoms with Crippen molar-refractivity contribution in [3.05, 3.63) is 88.9 Å². The second kappa shape index (κ2) is 11.0. The van der Waals surface area contributed by atoms with Crippen molar-refractivity contribution in [2.75, 3.05) is 0 Å². The quantitative estimate of drug-likeness (QED) is 0.206. The van der Waals surface area contributed by atoms with Crippen LogP contribution in [0, 0.1) is 0 Å². The molecule has 0 radical (unpaired) electrons. The van der Waals surface area contributed by atoms with Gasteiger partial charge in [0.1, 0.15) is 18.0 Å². The molecule has 1 aliphatic carbocycles. The normalized spacial score (nSPS) is 17.5. The predicted molar refractivity (Wildman–Crippen MR) is 142 cm³/mol. The zero-order valence-corrected chi connectivity index (χ0v) is 23.0. The molecule has 44 heavy (non-hydrogen) atoms. The van der Waals surface area contributed by atoms with E-state index in [-0.39, 0.29) is 46.3 Å². The van der Waals surface area contributed by atoms with Crippen LogP contribution in [0.4, 0.5) is 22.0 Å². The van der Waals surface area contributed by atoms with Crippen LogP contribution in [0.15, 0.2) is 60.8 Å². The molecule has 0 unspecified atom stereocenters. The van der Waals surface area contributed by atoms with Crippen molar-refractivity contribution in [1.29, 1.82) is 0 Å². The lowest BCUT2D eigenvalue weighted by atomic mass is 9.93. The first-order valence-electron chi connectivity index (χ1n) is 13.6. The number of pyridine rings is 1. The van der Waals surface area contributed by atoms with Gasteiger partial charge in [-0.3, -0.25) is 0 Å². The Morgan fingerprint density at radius 3 is 2.57 bits per heavy atom. The van der Waals surface area contributed by atoms with Crippen molar-refractivity contribution < 1.29 is 50.8 Å². The summed E-state index contributed by atoms with van der Waals surface area (Å²) in [6.07, 6.45) is -7.27. The van der Waals surface area contributed by atoms with Gasteiger partial charge >= 0.3 is 18.4 Å². The molecule has 3 heterocycles. The first kappa shape index (κ1) is 29.2. The first-order valence-corrected chi connectivity index (χ1v) is 13.6. The van der Waals surface area contributed by atoms with Crippen LogP contribution < -0.4 is 18.9 Å². The van der Waals surface area contributed by atoms with Crippen LogP contribution in [0.5, 0.6) is 23.1 Å². The number of hydrogen-bond donors (Lipinski definition) is 1. The van der Waals surface area contributed by atoms with Gasteiger partial charge in [0.05, 0.1) is 16.9 Å². The Hall–Kier alpha value is -4.88. The molecule has 0 saturated heterocycles. The minimum absolute atomic E-state index is 0.0128. The number of nitrogens with zero attached hydrogens (tertiary/aromatic N) is 3. The van der Waals surface area contributed by atoms with Gasteiger partial charge in [-0.2, -0.15) is 18.3 Å². The number of carboxylic acids is 1. The zero-order chi connectivity index (χ0) is 31.2. The fourth-order valence-corrected chi connectivity index (χ4v) is 5.32. The molecule has 9 nitrogen and oxygen atoms in total. The lowest BCUT2D eigenvalue weighted by molar-refractivity contribution is -0.286. The second-order valence-electron chi connectivity index (χ2n) is 10.2. The zero-order valence-electron chi connectivity index (χ0n) is 23.0. The van der Waals surface area contributed by atoms with Gasteiger partial charge in [0, 0.05) is 17.8 Å². The Morgan fingerprint density at radius 2 is 1.86 bits per heavy atom. The highest BCUT2D eigenvalue weighted by molar-refractivity contribution is 5.87. The molecule has 2 aromatic carbocycles. The van der Waals surface area contributed by atoms with Crippen LogP contribution in [-0.2, 0) is 12.6 Å². The number of benzene rings is 2. The summed E-state index contributed by atoms with van der Waals surface area (Å²) < 4.78 is 91.7. The van der Waals surface area contributed by atoms with Crippen LogP contribution in [0.1, 0.15) is 71.3 Å². The molecule has 1 N–H and O–H groups in total. The van der Waals surface area contributed by atoms with E-state index in [0.29, 0.717) is 30.6 Å². The monoisotopic (exact) mass is 617 g/mol. The van der Waals surface area contributed by atoms with Gasteiger partial charge in [-0.1, -0.05) is 13.0 Å². The number of rotatable bonds is 8. The number of aromatic nitrogens is 3. The predicted octanol–water partition coefficient (Wildman–Crippen LogP) is 7.29. The van der Waals surface area contributed by atoms with Crippen molar-refractivity contribution in [1.82, 2.24) is 14.8 Å². The summed E-state index contributed by atoms with van der Waals surface area (Å²) in [6, 6.07) is 12.8. The number of carbonyl (C=O) groups is 1. The minimum atomic E-state index is -4.73. The molecule has 0 fully saturated rings. The van der Waals surface area contributed by atoms with E-state index < -0.39 is 36.3 Å². The van der Waals surface area contributed by atoms with E-state index in [4.69, 9.17) is 14.6 Å². The molecule has 0 bridgehead atoms. The third kappa shape index (κ3) is 5.71. The highest BCUT2D eigenvalue weighted by atomic mass is 19.4. The summed E-state index contributed by atoms with van der Waals surface area (Å²) in [4.78, 5) is 15.4. The number of ether oxygens (including phenoxy) is 4. The van der Waals surface area contributed by atoms with Crippen LogP contribution in [0.2, 0.25) is 0 Å². The van der Waals surface area contributed by atoms with Gasteiger partial charge in [0.2, 0.25) is 5.88 Å². The summed E-state index contributed by atoms with van der Waals surface area (Å²) >= 11 is 0. The second-order valence-corrected chi connectivity index (χ2v) is 10.2. The standard InChI is InChI=1S/C30H24F5N3O6/c1-2-21(17-8-11-22-24(14-17)44-30(34,35)43-22)42-25-15-18(12-13-36-25)38-26-20(27(37-38)29(31,32)33)4-3-5-23(26)41-19-9-6-16(7-10-19)28(39)40/h6-15,21,23H,2-5H2,1H3,(H,39,40)/t21-,23-/m0/s1. The number of halogens is 5. The molecular weight excluding hydrogens is 593 g/mol. The van der Waals surface area contributed by atoms with E-state index in [0.717, 1.165) is 0 Å². The molecule has 14 heteroatoms. The maximum Gasteiger partial charge on any atom is 0.586 e. The van der Waals surface area contributed by atoms with Crippen molar-refractivity contribution in [3.8, 4) is 28.8 Å². The topological polar surface area (TPSA) is 105 Å². The van der Waals surface area contributed by atoms with Gasteiger partial charge in [0.25, 0.3) is 0 Å². The van der Waals surface area contributed by atoms with Crippen molar-refractivity contribution in [2.24, 2.45) is 0 Å². The molecule has 2 atom stereocenters. The Morgan fingerprint density at radius 1 is 1.11 bits per heavy atom. The Bertz CT molecular complexity index is 1710. The van der Waals surface area contributed by atoms with Crippen LogP contribution in [0.3, 0.4) is 0 Å². The molecule has 2 aromatic heterocycles. The number of carboxylic acid groups (broad SMARTS) is 1. The fourth-order valence-electron chi connectivity index (χ4n) is 5.32. The number of hydrogen-bond acceptors (Lipinski definition) is 7. The molecule has 230 valence electrons. The largest absolute Gasteiger partial charge is 0.586 e. The fraction of sp³-hybridized carbons (Fsp3) is 0.300. The maximum absolute atomic E-state index is 14.1. The van der Waals surface area contributed by atoms with Gasteiger partial charge in [-0.05, 0) is 73.7 Å². The first-order chi connectivity index (χ1) is 20.9. The number of alkyl halides is 5. The average Bonchev–Trinajstić information content (AvgIpc) is 3.53. The summed E-state index contributed by atoms with van der Waals surface area (Å²) in [5.74, 6) is -1.03. The Balaban J connectivity index is 1.33. The third-order valence-electron chi connectivity index (χ3n) is 7.26. The molecule has 1 aliphatic heterocycles. The van der Waals surface area contributed by atoms with Crippen molar-refractivity contribution >= 4 is 5.97 Å². The van der Waals surface area contributed by atoms with Crippen molar-refractivity contribution in [2.45, 2.75) is 57.3 Å². The van der Waals surface area contributed by atoms with Crippen LogP contribution in [-0.4, -0.2) is 32.1 Å². The van der Waals surface area contributed by atoms with E-state index in [2.05, 4.69) is 19.6 Å². The Kier molecular flexibility index (Phi) is 7.30. The summed E-state index contributed by atoms with van der Waals surface area (Å²) in [5, 5.41) is 13.1. The van der Waals surface area contributed by atoms with E-state index in [1.165, 1.54) is 59.4 Å². The van der Waals surface area contributed by atoms with E-state index in [9.17, 15) is 26.7 Å². The highest BCUT2D eigenvalue weighted by Gasteiger charge is 2.44. The van der Waals surface area contributed by atoms with Crippen molar-refractivity contribution in [3.63, 3.8) is 0 Å². The minimum Gasteiger partial charge on any atom is -0.484 e. The van der Waals surface area contributed by atoms with Gasteiger partial charge < -0.3 is 24.1 Å². The smallest absolute Gasteiger partial charge is 0.484 e. The molecule has 0 spiro atoms. The van der Waals surface area contributed by atoms with Crippen LogP contribution in [0.25, 0.3) is 5.69 Å². The third-order valence-corrected chi connectivity index (χ3v) is 7.26. The average molecular weight is 618 g/mol. The maximum atomic E-state index is 14.1. The molecular formula is C30H24F5N3O6. The van der Waals surface area contributed by atoms with E-state index >= 15 is 0 Å². The molecule has 0 saturated carbocycles. The number of aromatic carboxylic acids is 1. The molecule has 6 rings (SSSR count). The lowest BCUT2D eigenvalue weighted by Crippen LogP contribution is -2.25. The lowest BCUT2D eigenvalue weighted by Gasteiger charge is -2.26. The molecule has 0 amide bonds. The molecule has 4 aromatic rings. The highest BCUT2D eigenvalue weighted by Crippen LogP contribution is 2.44. The van der Waals surface area contributed by atoms with Crippen LogP contribution >= 0.6 is 0 Å². The van der Waals surface area contributed by atoms with Gasteiger partial charge in [-0.25, -0.2) is 14.5 Å². The van der Waals surface area contributed by atoms with E-state index in [1.54, 1.807) is 13.0 Å². The SMILES string of the molecule is CC[C@H](Oc1cc(-n2nc(C(F)(F)F)c3c2[C@@H](Oc2ccc(C(=O)O)cc2)CCC3)ccn1)c1ccc2c(c1)OC(F)(F)O2.